The zero-order chi connectivity index (χ0) is 17.7. The topological polar surface area (TPSA) is 105 Å². The van der Waals surface area contributed by atoms with Crippen molar-refractivity contribution in [3.8, 4) is 0 Å². The molecule has 1 aromatic carbocycles. The van der Waals surface area contributed by atoms with E-state index in [1.165, 1.54) is 19.1 Å². The highest BCUT2D eigenvalue weighted by atomic mass is 16.3. The molecule has 0 aliphatic heterocycles. The number of amides is 1. The Balaban J connectivity index is 2.39. The first kappa shape index (κ1) is 17.5. The molecule has 0 aromatic heterocycles. The van der Waals surface area contributed by atoms with Gasteiger partial charge in [-0.25, -0.2) is 4.99 Å². The van der Waals surface area contributed by atoms with Crippen molar-refractivity contribution in [2.24, 2.45) is 4.99 Å². The molecule has 6 heteroatoms. The van der Waals surface area contributed by atoms with E-state index in [2.05, 4.69) is 10.3 Å². The molecule has 0 radical (unpaired) electrons. The molecule has 4 N–H and O–H groups in total. The summed E-state index contributed by atoms with van der Waals surface area (Å²) < 4.78 is 0. The van der Waals surface area contributed by atoms with Crippen molar-refractivity contribution in [3.05, 3.63) is 47.7 Å². The van der Waals surface area contributed by atoms with Crippen LogP contribution in [0.3, 0.4) is 0 Å². The van der Waals surface area contributed by atoms with Gasteiger partial charge in [0.15, 0.2) is 5.76 Å². The molecule has 1 atom stereocenters. The SMILES string of the molecule is CCC(CNC(C)=O)c1cc(N)ccc1N=C1C=CC(=O)C(O)=C1. The second-order valence-corrected chi connectivity index (χ2v) is 5.62. The summed E-state index contributed by atoms with van der Waals surface area (Å²) in [7, 11) is 0. The molecule has 1 amide bonds. The zero-order valence-electron chi connectivity index (χ0n) is 13.7. The number of allylic oxidation sites excluding steroid dienone is 3. The van der Waals surface area contributed by atoms with E-state index >= 15 is 0 Å². The van der Waals surface area contributed by atoms with E-state index in [0.29, 0.717) is 23.6 Å². The summed E-state index contributed by atoms with van der Waals surface area (Å²) in [4.78, 5) is 27.0. The number of anilines is 1. The van der Waals surface area contributed by atoms with Gasteiger partial charge in [0.2, 0.25) is 11.7 Å². The Labute approximate surface area is 140 Å². The molecule has 24 heavy (non-hydrogen) atoms. The van der Waals surface area contributed by atoms with Crippen LogP contribution in [0.1, 0.15) is 31.7 Å². The highest BCUT2D eigenvalue weighted by Gasteiger charge is 2.16. The van der Waals surface area contributed by atoms with Crippen molar-refractivity contribution in [2.75, 3.05) is 12.3 Å². The Bertz CT molecular complexity index is 748. The maximum absolute atomic E-state index is 11.3. The molecule has 6 nitrogen and oxygen atoms in total. The van der Waals surface area contributed by atoms with E-state index in [0.717, 1.165) is 12.0 Å². The van der Waals surface area contributed by atoms with Crippen molar-refractivity contribution in [1.29, 1.82) is 0 Å². The van der Waals surface area contributed by atoms with E-state index in [1.807, 2.05) is 13.0 Å². The number of ketones is 1. The lowest BCUT2D eigenvalue weighted by Gasteiger charge is -2.18. The lowest BCUT2D eigenvalue weighted by molar-refractivity contribution is -0.119. The number of benzene rings is 1. The molecule has 1 aliphatic carbocycles. The number of hydrogen-bond acceptors (Lipinski definition) is 5. The summed E-state index contributed by atoms with van der Waals surface area (Å²) in [5.41, 5.74) is 8.60. The van der Waals surface area contributed by atoms with E-state index in [9.17, 15) is 14.7 Å². The third-order valence-electron chi connectivity index (χ3n) is 3.77. The molecule has 2 rings (SSSR count). The van der Waals surface area contributed by atoms with Crippen molar-refractivity contribution >= 4 is 28.8 Å². The van der Waals surface area contributed by atoms with Crippen molar-refractivity contribution in [1.82, 2.24) is 5.32 Å². The first-order chi connectivity index (χ1) is 11.4. The third kappa shape index (κ3) is 4.32. The van der Waals surface area contributed by atoms with Crippen molar-refractivity contribution < 1.29 is 14.7 Å². The van der Waals surface area contributed by atoms with Gasteiger partial charge in [-0.05, 0) is 42.3 Å². The molecule has 1 aliphatic rings. The van der Waals surface area contributed by atoms with Crippen LogP contribution >= 0.6 is 0 Å². The van der Waals surface area contributed by atoms with E-state index < -0.39 is 5.78 Å². The fourth-order valence-electron chi connectivity index (χ4n) is 2.46. The predicted octanol–water partition coefficient (Wildman–Crippen LogP) is 2.55. The molecule has 1 aromatic rings. The van der Waals surface area contributed by atoms with Crippen LogP contribution < -0.4 is 11.1 Å². The van der Waals surface area contributed by atoms with Crippen LogP contribution in [0, 0.1) is 0 Å². The van der Waals surface area contributed by atoms with Gasteiger partial charge in [0.1, 0.15) is 0 Å². The fourth-order valence-corrected chi connectivity index (χ4v) is 2.46. The van der Waals surface area contributed by atoms with Crippen molar-refractivity contribution in [2.45, 2.75) is 26.2 Å². The molecule has 0 spiro atoms. The van der Waals surface area contributed by atoms with Gasteiger partial charge in [0.05, 0.1) is 11.4 Å². The largest absolute Gasteiger partial charge is 0.504 e. The summed E-state index contributed by atoms with van der Waals surface area (Å²) in [5.74, 6) is -0.808. The zero-order valence-corrected chi connectivity index (χ0v) is 13.7. The van der Waals surface area contributed by atoms with Crippen LogP contribution in [0.25, 0.3) is 0 Å². The average Bonchev–Trinajstić information content (AvgIpc) is 2.53. The molecule has 0 bridgehead atoms. The standard InChI is InChI=1S/C18H21N3O3/c1-3-12(10-20-11(2)22)15-8-13(19)4-6-16(15)21-14-5-7-17(23)18(24)9-14/h4-9,12,24H,3,10,19H2,1-2H3,(H,20,22). The Kier molecular flexibility index (Phi) is 5.52. The Morgan fingerprint density at radius 3 is 2.75 bits per heavy atom. The molecular weight excluding hydrogens is 306 g/mol. The van der Waals surface area contributed by atoms with Crippen molar-refractivity contribution in [3.63, 3.8) is 0 Å². The lowest BCUT2D eigenvalue weighted by atomic mass is 9.94. The normalized spacial score (nSPS) is 16.8. The summed E-state index contributed by atoms with van der Waals surface area (Å²) in [6.07, 6.45) is 4.96. The maximum atomic E-state index is 11.3. The summed E-state index contributed by atoms with van der Waals surface area (Å²) in [5, 5.41) is 12.4. The molecule has 0 heterocycles. The smallest absolute Gasteiger partial charge is 0.220 e. The third-order valence-corrected chi connectivity index (χ3v) is 3.77. The highest BCUT2D eigenvalue weighted by molar-refractivity contribution is 6.18. The number of nitrogens with two attached hydrogens (primary N) is 1. The minimum Gasteiger partial charge on any atom is -0.504 e. The lowest BCUT2D eigenvalue weighted by Crippen LogP contribution is -2.25. The summed E-state index contributed by atoms with van der Waals surface area (Å²) >= 11 is 0. The number of aliphatic hydroxyl groups is 1. The van der Waals surface area contributed by atoms with Crippen LogP contribution in [-0.2, 0) is 9.59 Å². The van der Waals surface area contributed by atoms with Gasteiger partial charge in [-0.3, -0.25) is 9.59 Å². The second-order valence-electron chi connectivity index (χ2n) is 5.62. The van der Waals surface area contributed by atoms with E-state index in [4.69, 9.17) is 5.73 Å². The van der Waals surface area contributed by atoms with Crippen LogP contribution in [0.5, 0.6) is 0 Å². The molecular formula is C18H21N3O3. The molecule has 1 unspecified atom stereocenters. The summed E-state index contributed by atoms with van der Waals surface area (Å²) in [6.45, 7) is 3.99. The first-order valence-electron chi connectivity index (χ1n) is 7.76. The van der Waals surface area contributed by atoms with E-state index in [-0.39, 0.29) is 17.6 Å². The number of nitrogens with one attached hydrogen (secondary N) is 1. The Hall–Kier alpha value is -2.89. The fraction of sp³-hybridized carbons (Fsp3) is 0.278. The second kappa shape index (κ2) is 7.59. The number of carbonyl (C=O) groups excluding carboxylic acids is 2. The predicted molar refractivity (Wildman–Crippen MR) is 94.5 cm³/mol. The maximum Gasteiger partial charge on any atom is 0.220 e. The van der Waals surface area contributed by atoms with Gasteiger partial charge in [0.25, 0.3) is 0 Å². The first-order valence-corrected chi connectivity index (χ1v) is 7.76. The summed E-state index contributed by atoms with van der Waals surface area (Å²) in [6, 6.07) is 5.38. The number of carbonyl (C=O) groups is 2. The van der Waals surface area contributed by atoms with Crippen LogP contribution in [0.15, 0.2) is 47.2 Å². The Morgan fingerprint density at radius 1 is 1.38 bits per heavy atom. The van der Waals surface area contributed by atoms with E-state index in [1.54, 1.807) is 18.2 Å². The molecule has 0 saturated heterocycles. The van der Waals surface area contributed by atoms with Crippen LogP contribution in [0.2, 0.25) is 0 Å². The minimum atomic E-state index is -0.441. The van der Waals surface area contributed by atoms with Gasteiger partial charge < -0.3 is 16.2 Å². The van der Waals surface area contributed by atoms with Gasteiger partial charge in [-0.1, -0.05) is 6.92 Å². The number of hydrogen-bond donors (Lipinski definition) is 3. The molecule has 0 saturated carbocycles. The number of rotatable bonds is 5. The quantitative estimate of drug-likeness (QED) is 0.571. The number of aliphatic imine (C=N–C) groups is 1. The van der Waals surface area contributed by atoms with Gasteiger partial charge in [0, 0.05) is 31.1 Å². The van der Waals surface area contributed by atoms with Gasteiger partial charge >= 0.3 is 0 Å². The average molecular weight is 327 g/mol. The Morgan fingerprint density at radius 2 is 2.12 bits per heavy atom. The monoisotopic (exact) mass is 327 g/mol. The number of aliphatic hydroxyl groups excluding tert-OH is 1. The van der Waals surface area contributed by atoms with Crippen LogP contribution in [-0.4, -0.2) is 29.1 Å². The highest BCUT2D eigenvalue weighted by Crippen LogP contribution is 2.31. The molecule has 126 valence electrons. The number of nitrogen functional groups attached to an aromatic ring is 1. The number of nitrogens with zero attached hydrogens (tertiary/aromatic N) is 1. The van der Waals surface area contributed by atoms with Gasteiger partial charge in [-0.2, -0.15) is 0 Å². The minimum absolute atomic E-state index is 0.0588. The molecule has 0 fully saturated rings. The van der Waals surface area contributed by atoms with Crippen LogP contribution in [0.4, 0.5) is 11.4 Å². The van der Waals surface area contributed by atoms with Gasteiger partial charge in [-0.15, -0.1) is 0 Å².